The highest BCUT2D eigenvalue weighted by Crippen LogP contribution is 2.37. The third kappa shape index (κ3) is 3.58. The van der Waals surface area contributed by atoms with Crippen LogP contribution in [-0.4, -0.2) is 74.3 Å². The zero-order valence-corrected chi connectivity index (χ0v) is 17.2. The smallest absolute Gasteiger partial charge is 0.328 e. The number of nitrogens with one attached hydrogen (secondary N) is 1. The van der Waals surface area contributed by atoms with E-state index in [1.807, 2.05) is 13.8 Å². The van der Waals surface area contributed by atoms with Crippen LogP contribution >= 0.6 is 0 Å². The highest BCUT2D eigenvalue weighted by molar-refractivity contribution is 6.07. The molecule has 0 unspecified atom stereocenters. The number of aryl methyl sites for hydroxylation is 1. The van der Waals surface area contributed by atoms with Crippen LogP contribution in [0.3, 0.4) is 0 Å². The Balaban J connectivity index is 1.74. The molecule has 2 aliphatic heterocycles. The average molecular weight is 405 g/mol. The molecule has 0 saturated carbocycles. The fourth-order valence-corrected chi connectivity index (χ4v) is 4.09. The first-order valence-electron chi connectivity index (χ1n) is 9.74. The lowest BCUT2D eigenvalue weighted by atomic mass is 9.85. The number of piperidine rings is 1. The maximum absolute atomic E-state index is 12.8. The SMILES string of the molecule is Cc1cn(CC(=O)N2CCC3(CC2)C(=O)N(C)C(=O)N3CC(C)C)c(=O)[nH]c1=O. The molecule has 29 heavy (non-hydrogen) atoms. The zero-order valence-electron chi connectivity index (χ0n) is 17.2. The number of H-pyrrole nitrogens is 1. The Morgan fingerprint density at radius 3 is 2.38 bits per heavy atom. The average Bonchev–Trinajstić information content (AvgIpc) is 2.82. The predicted molar refractivity (Wildman–Crippen MR) is 104 cm³/mol. The normalized spacial score (nSPS) is 19.0. The number of nitrogens with zero attached hydrogens (tertiary/aromatic N) is 4. The minimum absolute atomic E-state index is 0.189. The first kappa shape index (κ1) is 20.8. The van der Waals surface area contributed by atoms with Crippen molar-refractivity contribution in [3.8, 4) is 0 Å². The largest absolute Gasteiger partial charge is 0.341 e. The van der Waals surface area contributed by atoms with Gasteiger partial charge in [0.25, 0.3) is 11.5 Å². The van der Waals surface area contributed by atoms with E-state index in [-0.39, 0.29) is 30.3 Å². The molecule has 10 nitrogen and oxygen atoms in total. The number of imide groups is 1. The predicted octanol–water partition coefficient (Wildman–Crippen LogP) is -0.244. The van der Waals surface area contributed by atoms with Gasteiger partial charge in [0.1, 0.15) is 12.1 Å². The van der Waals surface area contributed by atoms with Crippen LogP contribution < -0.4 is 11.2 Å². The zero-order chi connectivity index (χ0) is 21.5. The third-order valence-corrected chi connectivity index (χ3v) is 5.72. The number of rotatable bonds is 4. The number of likely N-dealkylation sites (N-methyl/N-ethyl adjacent to an activating group) is 1. The van der Waals surface area contributed by atoms with E-state index >= 15 is 0 Å². The quantitative estimate of drug-likeness (QED) is 0.694. The van der Waals surface area contributed by atoms with Gasteiger partial charge in [-0.05, 0) is 25.7 Å². The second-order valence-corrected chi connectivity index (χ2v) is 8.26. The van der Waals surface area contributed by atoms with Crippen LogP contribution in [0, 0.1) is 12.8 Å². The number of aromatic nitrogens is 2. The van der Waals surface area contributed by atoms with Crippen LogP contribution in [0.25, 0.3) is 0 Å². The Kier molecular flexibility index (Phi) is 5.38. The Morgan fingerprint density at radius 2 is 1.79 bits per heavy atom. The van der Waals surface area contributed by atoms with Crippen LogP contribution in [0.5, 0.6) is 0 Å². The fourth-order valence-electron chi connectivity index (χ4n) is 4.09. The van der Waals surface area contributed by atoms with Gasteiger partial charge in [0, 0.05) is 38.4 Å². The van der Waals surface area contributed by atoms with Crippen molar-refractivity contribution in [1.82, 2.24) is 24.3 Å². The van der Waals surface area contributed by atoms with Crippen molar-refractivity contribution in [2.45, 2.75) is 45.7 Å². The van der Waals surface area contributed by atoms with Gasteiger partial charge in [0.05, 0.1) is 0 Å². The van der Waals surface area contributed by atoms with E-state index in [2.05, 4.69) is 4.98 Å². The molecule has 2 aliphatic rings. The summed E-state index contributed by atoms with van der Waals surface area (Å²) in [7, 11) is 1.50. The van der Waals surface area contributed by atoms with Gasteiger partial charge < -0.3 is 9.80 Å². The number of carbonyl (C=O) groups excluding carboxylic acids is 3. The summed E-state index contributed by atoms with van der Waals surface area (Å²) in [6.07, 6.45) is 2.09. The number of aromatic amines is 1. The molecule has 1 aromatic heterocycles. The first-order valence-corrected chi connectivity index (χ1v) is 9.74. The van der Waals surface area contributed by atoms with Gasteiger partial charge in [0.15, 0.2) is 0 Å². The second kappa shape index (κ2) is 7.49. The molecular formula is C19H27N5O5. The molecule has 0 bridgehead atoms. The molecular weight excluding hydrogens is 378 g/mol. The van der Waals surface area contributed by atoms with Gasteiger partial charge in [-0.1, -0.05) is 13.8 Å². The summed E-state index contributed by atoms with van der Waals surface area (Å²) >= 11 is 0. The minimum atomic E-state index is -0.904. The Hall–Kier alpha value is -2.91. The van der Waals surface area contributed by atoms with Gasteiger partial charge in [-0.15, -0.1) is 0 Å². The first-order chi connectivity index (χ1) is 13.6. The van der Waals surface area contributed by atoms with Crippen LogP contribution in [0.2, 0.25) is 0 Å². The van der Waals surface area contributed by atoms with Gasteiger partial charge >= 0.3 is 11.7 Å². The van der Waals surface area contributed by atoms with Crippen molar-refractivity contribution >= 4 is 17.8 Å². The number of likely N-dealkylation sites (tertiary alicyclic amines) is 1. The number of hydrogen-bond donors (Lipinski definition) is 1. The van der Waals surface area contributed by atoms with Crippen LogP contribution in [0.4, 0.5) is 4.79 Å². The van der Waals surface area contributed by atoms with Crippen molar-refractivity contribution in [1.29, 1.82) is 0 Å². The summed E-state index contributed by atoms with van der Waals surface area (Å²) in [6.45, 7) is 6.47. The Morgan fingerprint density at radius 1 is 1.17 bits per heavy atom. The molecule has 1 N–H and O–H groups in total. The van der Waals surface area contributed by atoms with Crippen molar-refractivity contribution in [3.63, 3.8) is 0 Å². The number of amides is 4. The maximum Gasteiger partial charge on any atom is 0.328 e. The second-order valence-electron chi connectivity index (χ2n) is 8.26. The molecule has 158 valence electrons. The monoisotopic (exact) mass is 405 g/mol. The molecule has 4 amide bonds. The van der Waals surface area contributed by atoms with Gasteiger partial charge in [-0.25, -0.2) is 9.59 Å². The Labute approximate surface area is 168 Å². The van der Waals surface area contributed by atoms with E-state index in [9.17, 15) is 24.0 Å². The topological polar surface area (TPSA) is 116 Å². The van der Waals surface area contributed by atoms with E-state index < -0.39 is 16.8 Å². The van der Waals surface area contributed by atoms with Gasteiger partial charge in [-0.3, -0.25) is 28.8 Å². The van der Waals surface area contributed by atoms with E-state index in [0.29, 0.717) is 38.0 Å². The fraction of sp³-hybridized carbons (Fsp3) is 0.632. The molecule has 1 spiro atoms. The summed E-state index contributed by atoms with van der Waals surface area (Å²) in [5, 5.41) is 0. The summed E-state index contributed by atoms with van der Waals surface area (Å²) in [6, 6.07) is -0.293. The van der Waals surface area contributed by atoms with E-state index in [1.54, 1.807) is 16.7 Å². The molecule has 0 atom stereocenters. The van der Waals surface area contributed by atoms with E-state index in [1.165, 1.54) is 22.7 Å². The summed E-state index contributed by atoms with van der Waals surface area (Å²) < 4.78 is 1.17. The minimum Gasteiger partial charge on any atom is -0.341 e. The maximum atomic E-state index is 12.8. The molecule has 0 aromatic carbocycles. The summed E-state index contributed by atoms with van der Waals surface area (Å²) in [5.74, 6) is -0.276. The lowest BCUT2D eigenvalue weighted by molar-refractivity contribution is -0.141. The van der Waals surface area contributed by atoms with E-state index in [0.717, 1.165) is 0 Å². The molecule has 2 saturated heterocycles. The number of urea groups is 1. The molecule has 1 aromatic rings. The van der Waals surface area contributed by atoms with Gasteiger partial charge in [0.2, 0.25) is 5.91 Å². The van der Waals surface area contributed by atoms with Crippen LogP contribution in [-0.2, 0) is 16.1 Å². The van der Waals surface area contributed by atoms with Crippen LogP contribution in [0.15, 0.2) is 15.8 Å². The third-order valence-electron chi connectivity index (χ3n) is 5.72. The van der Waals surface area contributed by atoms with Crippen molar-refractivity contribution in [2.75, 3.05) is 26.7 Å². The highest BCUT2D eigenvalue weighted by Gasteiger charge is 2.57. The lowest BCUT2D eigenvalue weighted by Gasteiger charge is -2.42. The standard InChI is InChI=1S/C19H27N5O5/c1-12(2)9-24-18(29)21(4)16(27)19(24)5-7-22(8-6-19)14(25)11-23-10-13(3)15(26)20-17(23)28/h10,12H,5-9,11H2,1-4H3,(H,20,26,28). The molecule has 0 aliphatic carbocycles. The van der Waals surface area contributed by atoms with Crippen molar-refractivity contribution in [3.05, 3.63) is 32.6 Å². The molecule has 3 heterocycles. The van der Waals surface area contributed by atoms with Crippen molar-refractivity contribution < 1.29 is 14.4 Å². The van der Waals surface area contributed by atoms with Crippen LogP contribution in [0.1, 0.15) is 32.3 Å². The lowest BCUT2D eigenvalue weighted by Crippen LogP contribution is -2.58. The number of carbonyl (C=O) groups is 3. The molecule has 0 radical (unpaired) electrons. The molecule has 2 fully saturated rings. The summed E-state index contributed by atoms with van der Waals surface area (Å²) in [4.78, 5) is 68.1. The van der Waals surface area contributed by atoms with Crippen molar-refractivity contribution in [2.24, 2.45) is 5.92 Å². The van der Waals surface area contributed by atoms with Gasteiger partial charge in [-0.2, -0.15) is 0 Å². The molecule has 10 heteroatoms. The molecule has 3 rings (SSSR count). The number of hydrogen-bond acceptors (Lipinski definition) is 5. The summed E-state index contributed by atoms with van der Waals surface area (Å²) in [5.41, 5.74) is -1.67. The van der Waals surface area contributed by atoms with E-state index in [4.69, 9.17) is 0 Å². The Bertz CT molecular complexity index is 954. The highest BCUT2D eigenvalue weighted by atomic mass is 16.2.